The van der Waals surface area contributed by atoms with Crippen molar-refractivity contribution in [1.29, 1.82) is 0 Å². The highest BCUT2D eigenvalue weighted by molar-refractivity contribution is 5.74. The fourth-order valence-electron chi connectivity index (χ4n) is 1.66. The molecule has 7 nitrogen and oxygen atoms in total. The Kier molecular flexibility index (Phi) is 6.97. The zero-order valence-corrected chi connectivity index (χ0v) is 10.5. The van der Waals surface area contributed by atoms with Crippen LogP contribution in [0.15, 0.2) is 0 Å². The van der Waals surface area contributed by atoms with Crippen LogP contribution in [0, 0.1) is 0 Å². The molecule has 0 aromatic heterocycles. The maximum absolute atomic E-state index is 11.0. The Hall–Kier alpha value is -1.84. The lowest BCUT2D eigenvalue weighted by atomic mass is 10.1. The van der Waals surface area contributed by atoms with Crippen LogP contribution >= 0.6 is 0 Å². The quantitative estimate of drug-likeness (QED) is 0.583. The van der Waals surface area contributed by atoms with Gasteiger partial charge in [0.2, 0.25) is 0 Å². The summed E-state index contributed by atoms with van der Waals surface area (Å²) in [6.07, 6.45) is -3.59. The van der Waals surface area contributed by atoms with E-state index in [0.717, 1.165) is 6.42 Å². The summed E-state index contributed by atoms with van der Waals surface area (Å²) in [6, 6.07) is -0.170. The van der Waals surface area contributed by atoms with Crippen molar-refractivity contribution < 1.29 is 47.8 Å². The molecule has 116 valence electrons. The molecule has 1 aliphatic rings. The van der Waals surface area contributed by atoms with Crippen LogP contribution in [0.5, 0.6) is 0 Å². The third kappa shape index (κ3) is 6.92. The second-order valence-electron chi connectivity index (χ2n) is 4.04. The Balaban J connectivity index is 0.000000441. The van der Waals surface area contributed by atoms with Gasteiger partial charge in [-0.15, -0.1) is 0 Å². The van der Waals surface area contributed by atoms with Crippen LogP contribution in [0.1, 0.15) is 19.3 Å². The number of esters is 1. The molecule has 10 heteroatoms. The molecule has 1 saturated heterocycles. The minimum absolute atomic E-state index is 0.0293. The van der Waals surface area contributed by atoms with Crippen LogP contribution in [-0.2, 0) is 19.1 Å². The van der Waals surface area contributed by atoms with Gasteiger partial charge < -0.3 is 25.1 Å². The summed E-state index contributed by atoms with van der Waals surface area (Å²) in [6.45, 7) is 0. The smallest absolute Gasteiger partial charge is 0.430 e. The number of carbonyl (C=O) groups is 3. The summed E-state index contributed by atoms with van der Waals surface area (Å²) in [4.78, 5) is 30.2. The predicted octanol–water partition coefficient (Wildman–Crippen LogP) is -1.97. The van der Waals surface area contributed by atoms with Gasteiger partial charge in [-0.1, -0.05) is 0 Å². The number of carboxylic acids is 2. The topological polar surface area (TPSA) is 120 Å². The zero-order valence-electron chi connectivity index (χ0n) is 10.5. The summed E-state index contributed by atoms with van der Waals surface area (Å²) in [5.74, 6) is -4.08. The fraction of sp³-hybridized carbons (Fsp3) is 0.700. The van der Waals surface area contributed by atoms with Gasteiger partial charge in [-0.05, 0) is 0 Å². The van der Waals surface area contributed by atoms with Crippen LogP contribution in [-0.4, -0.2) is 48.4 Å². The Morgan fingerprint density at radius 1 is 1.35 bits per heavy atom. The standard InChI is InChI=1S/C8H13NO4.C2HF3O2/c1-13-8(12)6-3-2-5(9-6)4-7(10)11;3-2(4,5)1(6)7/h5-6,9H,2-4H2,1H3,(H,10,11);(H,6,7)/t5-,6-;/m1./s1. The summed E-state index contributed by atoms with van der Waals surface area (Å²) in [5, 5.41) is 19.1. The number of carbonyl (C=O) groups excluding carboxylic acids is 2. The fourth-order valence-corrected chi connectivity index (χ4v) is 1.66. The zero-order chi connectivity index (χ0) is 15.9. The van der Waals surface area contributed by atoms with E-state index in [4.69, 9.17) is 15.0 Å². The van der Waals surface area contributed by atoms with Crippen molar-refractivity contribution >= 4 is 17.9 Å². The molecule has 0 amide bonds. The number of nitrogens with two attached hydrogens (primary N) is 1. The van der Waals surface area contributed by atoms with Crippen LogP contribution in [0.25, 0.3) is 0 Å². The highest BCUT2D eigenvalue weighted by Gasteiger charge is 2.35. The lowest BCUT2D eigenvalue weighted by molar-refractivity contribution is -0.690. The summed E-state index contributed by atoms with van der Waals surface area (Å²) in [5.41, 5.74) is 0. The minimum atomic E-state index is -5.19. The van der Waals surface area contributed by atoms with Crippen molar-refractivity contribution in [1.82, 2.24) is 0 Å². The molecule has 1 rings (SSSR count). The average molecular weight is 301 g/mol. The first kappa shape index (κ1) is 18.2. The third-order valence-electron chi connectivity index (χ3n) is 2.53. The van der Waals surface area contributed by atoms with Gasteiger partial charge in [-0.3, -0.25) is 4.79 Å². The van der Waals surface area contributed by atoms with Crippen molar-refractivity contribution in [2.24, 2.45) is 0 Å². The van der Waals surface area contributed by atoms with E-state index in [-0.39, 0.29) is 24.5 Å². The number of hydrogen-bond acceptors (Lipinski definition) is 5. The van der Waals surface area contributed by atoms with Gasteiger partial charge >= 0.3 is 18.1 Å². The number of rotatable bonds is 3. The number of hydrogen-bond donors (Lipinski definition) is 2. The van der Waals surface area contributed by atoms with E-state index in [9.17, 15) is 22.8 Å². The van der Waals surface area contributed by atoms with Crippen molar-refractivity contribution in [3.05, 3.63) is 0 Å². The molecule has 0 aromatic rings. The number of quaternary nitrogens is 1. The average Bonchev–Trinajstić information content (AvgIpc) is 2.75. The van der Waals surface area contributed by atoms with E-state index in [2.05, 4.69) is 4.74 Å². The Morgan fingerprint density at radius 3 is 2.20 bits per heavy atom. The first-order valence-electron chi connectivity index (χ1n) is 5.50. The number of alkyl halides is 3. The predicted molar refractivity (Wildman–Crippen MR) is 54.1 cm³/mol. The second-order valence-corrected chi connectivity index (χ2v) is 4.04. The number of halogens is 3. The number of methoxy groups -OCH3 is 1. The number of carboxylic acid groups (broad SMARTS) is 2. The highest BCUT2D eigenvalue weighted by atomic mass is 19.4. The maximum Gasteiger partial charge on any atom is 0.430 e. The van der Waals surface area contributed by atoms with Crippen molar-refractivity contribution in [3.8, 4) is 0 Å². The molecule has 20 heavy (non-hydrogen) atoms. The van der Waals surface area contributed by atoms with Crippen LogP contribution in [0.4, 0.5) is 13.2 Å². The highest BCUT2D eigenvalue weighted by Crippen LogP contribution is 2.11. The summed E-state index contributed by atoms with van der Waals surface area (Å²) < 4.78 is 36.1. The van der Waals surface area contributed by atoms with Crippen LogP contribution < -0.4 is 10.4 Å². The molecule has 1 fully saturated rings. The van der Waals surface area contributed by atoms with Gasteiger partial charge in [0.25, 0.3) is 0 Å². The molecule has 1 aliphatic heterocycles. The molecule has 0 spiro atoms. The van der Waals surface area contributed by atoms with E-state index in [1.807, 2.05) is 0 Å². The SMILES string of the molecule is COC(=O)[C@H]1CC[C@H](CC(=O)O)[NH2+]1.O=C([O-])C(F)(F)F. The monoisotopic (exact) mass is 301 g/mol. The number of aliphatic carboxylic acids is 2. The second kappa shape index (κ2) is 7.68. The molecule has 0 aliphatic carbocycles. The normalized spacial score (nSPS) is 21.6. The largest absolute Gasteiger partial charge is 0.542 e. The Morgan fingerprint density at radius 2 is 1.85 bits per heavy atom. The molecule has 0 aromatic carbocycles. The van der Waals surface area contributed by atoms with Crippen molar-refractivity contribution in [2.45, 2.75) is 37.5 Å². The van der Waals surface area contributed by atoms with Gasteiger partial charge in [-0.25, -0.2) is 4.79 Å². The molecular formula is C10H14F3NO6. The molecule has 2 atom stereocenters. The van der Waals surface area contributed by atoms with Gasteiger partial charge in [0.1, 0.15) is 5.97 Å². The summed E-state index contributed by atoms with van der Waals surface area (Å²) in [7, 11) is 1.35. The Bertz CT molecular complexity index is 370. The molecule has 0 saturated carbocycles. The van der Waals surface area contributed by atoms with E-state index >= 15 is 0 Å². The molecule has 0 bridgehead atoms. The van der Waals surface area contributed by atoms with Gasteiger partial charge in [0.15, 0.2) is 6.04 Å². The molecule has 0 unspecified atom stereocenters. The number of ether oxygens (including phenoxy) is 1. The van der Waals surface area contributed by atoms with E-state index in [0.29, 0.717) is 6.42 Å². The Labute approximate surface area is 111 Å². The van der Waals surface area contributed by atoms with Crippen LogP contribution in [0.2, 0.25) is 0 Å². The third-order valence-corrected chi connectivity index (χ3v) is 2.53. The van der Waals surface area contributed by atoms with E-state index in [1.54, 1.807) is 5.32 Å². The van der Waals surface area contributed by atoms with Gasteiger partial charge in [0, 0.05) is 12.8 Å². The van der Waals surface area contributed by atoms with Crippen LogP contribution in [0.3, 0.4) is 0 Å². The van der Waals surface area contributed by atoms with E-state index < -0.39 is 18.1 Å². The summed E-state index contributed by atoms with van der Waals surface area (Å²) >= 11 is 0. The molecule has 1 heterocycles. The van der Waals surface area contributed by atoms with Crippen molar-refractivity contribution in [2.75, 3.05) is 7.11 Å². The molecule has 0 radical (unpaired) electrons. The molecule has 3 N–H and O–H groups in total. The van der Waals surface area contributed by atoms with E-state index in [1.165, 1.54) is 7.11 Å². The minimum Gasteiger partial charge on any atom is -0.542 e. The first-order chi connectivity index (χ1) is 9.07. The first-order valence-corrected chi connectivity index (χ1v) is 5.50. The maximum atomic E-state index is 11.0. The van der Waals surface area contributed by atoms with Crippen molar-refractivity contribution in [3.63, 3.8) is 0 Å². The lowest BCUT2D eigenvalue weighted by Crippen LogP contribution is -2.93. The molecular weight excluding hydrogens is 287 g/mol. The van der Waals surface area contributed by atoms with Gasteiger partial charge in [-0.2, -0.15) is 13.2 Å². The van der Waals surface area contributed by atoms with Gasteiger partial charge in [0.05, 0.1) is 19.6 Å². The lowest BCUT2D eigenvalue weighted by Gasteiger charge is -2.07.